The average Bonchev–Trinajstić information content (AvgIpc) is 2.12. The highest BCUT2D eigenvalue weighted by atomic mass is 19.1. The third kappa shape index (κ3) is 3.02. The highest BCUT2D eigenvalue weighted by molar-refractivity contribution is 5.28. The van der Waals surface area contributed by atoms with Crippen molar-refractivity contribution in [3.05, 3.63) is 29.6 Å². The summed E-state index contributed by atoms with van der Waals surface area (Å²) in [6.07, 6.45) is 2.32. The Morgan fingerprint density at radius 3 is 2.71 bits per heavy atom. The molecule has 0 bridgehead atoms. The minimum atomic E-state index is -0.180. The van der Waals surface area contributed by atoms with Gasteiger partial charge in [-0.3, -0.25) is 0 Å². The standard InChI is InChI=1S/C12H17FO/c1-4-5-10(3)14-11-6-7-12(13)9(2)8-11/h6-8,10H,4-5H2,1-3H3. The van der Waals surface area contributed by atoms with Gasteiger partial charge in [0.25, 0.3) is 0 Å². The van der Waals surface area contributed by atoms with E-state index in [1.165, 1.54) is 6.07 Å². The zero-order valence-corrected chi connectivity index (χ0v) is 9.01. The van der Waals surface area contributed by atoms with Gasteiger partial charge in [0.1, 0.15) is 11.6 Å². The van der Waals surface area contributed by atoms with Crippen LogP contribution < -0.4 is 4.74 Å². The predicted octanol–water partition coefficient (Wildman–Crippen LogP) is 3.70. The predicted molar refractivity (Wildman–Crippen MR) is 56.1 cm³/mol. The van der Waals surface area contributed by atoms with Crippen molar-refractivity contribution in [1.82, 2.24) is 0 Å². The van der Waals surface area contributed by atoms with Crippen molar-refractivity contribution in [1.29, 1.82) is 0 Å². The largest absolute Gasteiger partial charge is 0.491 e. The lowest BCUT2D eigenvalue weighted by Gasteiger charge is -2.14. The number of ether oxygens (including phenoxy) is 1. The van der Waals surface area contributed by atoms with Crippen LogP contribution >= 0.6 is 0 Å². The molecule has 0 saturated carbocycles. The monoisotopic (exact) mass is 196 g/mol. The van der Waals surface area contributed by atoms with Crippen LogP contribution in [0.5, 0.6) is 5.75 Å². The Bertz CT molecular complexity index is 296. The molecule has 0 aliphatic heterocycles. The molecule has 1 nitrogen and oxygen atoms in total. The van der Waals surface area contributed by atoms with Crippen LogP contribution in [0, 0.1) is 12.7 Å². The maximum absolute atomic E-state index is 12.9. The van der Waals surface area contributed by atoms with Gasteiger partial charge in [-0.15, -0.1) is 0 Å². The maximum Gasteiger partial charge on any atom is 0.126 e. The van der Waals surface area contributed by atoms with E-state index in [1.54, 1.807) is 19.1 Å². The first kappa shape index (κ1) is 11.0. The molecule has 14 heavy (non-hydrogen) atoms. The lowest BCUT2D eigenvalue weighted by atomic mass is 10.2. The van der Waals surface area contributed by atoms with Crippen LogP contribution in [0.2, 0.25) is 0 Å². The lowest BCUT2D eigenvalue weighted by Crippen LogP contribution is -2.11. The van der Waals surface area contributed by atoms with E-state index in [1.807, 2.05) is 6.92 Å². The topological polar surface area (TPSA) is 9.23 Å². The van der Waals surface area contributed by atoms with Crippen molar-refractivity contribution < 1.29 is 9.13 Å². The summed E-state index contributed by atoms with van der Waals surface area (Å²) >= 11 is 0. The fourth-order valence-electron chi connectivity index (χ4n) is 1.39. The van der Waals surface area contributed by atoms with Gasteiger partial charge in [-0.2, -0.15) is 0 Å². The van der Waals surface area contributed by atoms with Gasteiger partial charge in [0, 0.05) is 0 Å². The van der Waals surface area contributed by atoms with E-state index in [4.69, 9.17) is 4.74 Å². The molecule has 0 saturated heterocycles. The summed E-state index contributed by atoms with van der Waals surface area (Å²) in [5.41, 5.74) is 0.631. The molecule has 0 aliphatic carbocycles. The van der Waals surface area contributed by atoms with E-state index in [-0.39, 0.29) is 11.9 Å². The minimum Gasteiger partial charge on any atom is -0.491 e. The van der Waals surface area contributed by atoms with Crippen LogP contribution in [0.15, 0.2) is 18.2 Å². The Morgan fingerprint density at radius 1 is 1.43 bits per heavy atom. The average molecular weight is 196 g/mol. The van der Waals surface area contributed by atoms with Crippen molar-refractivity contribution in [3.63, 3.8) is 0 Å². The molecule has 0 aliphatic rings. The molecule has 0 fully saturated rings. The minimum absolute atomic E-state index is 0.180. The Balaban J connectivity index is 2.63. The molecule has 1 atom stereocenters. The van der Waals surface area contributed by atoms with Gasteiger partial charge in [0.15, 0.2) is 0 Å². The molecule has 0 amide bonds. The molecule has 2 heteroatoms. The molecule has 0 N–H and O–H groups in total. The van der Waals surface area contributed by atoms with Crippen molar-refractivity contribution in [2.75, 3.05) is 0 Å². The van der Waals surface area contributed by atoms with E-state index in [0.29, 0.717) is 5.56 Å². The van der Waals surface area contributed by atoms with E-state index >= 15 is 0 Å². The normalized spacial score (nSPS) is 12.6. The van der Waals surface area contributed by atoms with Crippen molar-refractivity contribution in [2.45, 2.75) is 39.7 Å². The van der Waals surface area contributed by atoms with Gasteiger partial charge in [0.05, 0.1) is 6.10 Å². The Kier molecular flexibility index (Phi) is 3.93. The second-order valence-electron chi connectivity index (χ2n) is 3.63. The Hall–Kier alpha value is -1.05. The lowest BCUT2D eigenvalue weighted by molar-refractivity contribution is 0.209. The van der Waals surface area contributed by atoms with Crippen LogP contribution in [0.25, 0.3) is 0 Å². The second-order valence-corrected chi connectivity index (χ2v) is 3.63. The summed E-state index contributed by atoms with van der Waals surface area (Å²) in [6.45, 7) is 5.89. The Morgan fingerprint density at radius 2 is 2.14 bits per heavy atom. The number of hydrogen-bond donors (Lipinski definition) is 0. The summed E-state index contributed by atoms with van der Waals surface area (Å²) in [5, 5.41) is 0. The highest BCUT2D eigenvalue weighted by Gasteiger charge is 2.04. The zero-order valence-electron chi connectivity index (χ0n) is 9.01. The van der Waals surface area contributed by atoms with E-state index in [0.717, 1.165) is 18.6 Å². The highest BCUT2D eigenvalue weighted by Crippen LogP contribution is 2.18. The van der Waals surface area contributed by atoms with Crippen LogP contribution in [0.3, 0.4) is 0 Å². The summed E-state index contributed by atoms with van der Waals surface area (Å²) < 4.78 is 18.6. The Labute approximate surface area is 84.9 Å². The van der Waals surface area contributed by atoms with Gasteiger partial charge in [-0.25, -0.2) is 4.39 Å². The van der Waals surface area contributed by atoms with E-state index in [2.05, 4.69) is 6.92 Å². The zero-order chi connectivity index (χ0) is 10.6. The number of halogens is 1. The molecule has 1 rings (SSSR count). The fourth-order valence-corrected chi connectivity index (χ4v) is 1.39. The first-order chi connectivity index (χ1) is 6.63. The third-order valence-corrected chi connectivity index (χ3v) is 2.16. The summed E-state index contributed by atoms with van der Waals surface area (Å²) in [7, 11) is 0. The van der Waals surface area contributed by atoms with Gasteiger partial charge in [0.2, 0.25) is 0 Å². The van der Waals surface area contributed by atoms with Crippen molar-refractivity contribution in [3.8, 4) is 5.75 Å². The number of rotatable bonds is 4. The summed E-state index contributed by atoms with van der Waals surface area (Å²) in [6, 6.07) is 4.86. The summed E-state index contributed by atoms with van der Waals surface area (Å²) in [4.78, 5) is 0. The van der Waals surface area contributed by atoms with E-state index in [9.17, 15) is 4.39 Å². The first-order valence-electron chi connectivity index (χ1n) is 5.06. The van der Waals surface area contributed by atoms with Gasteiger partial charge >= 0.3 is 0 Å². The van der Waals surface area contributed by atoms with Crippen molar-refractivity contribution in [2.24, 2.45) is 0 Å². The van der Waals surface area contributed by atoms with Crippen LogP contribution in [0.1, 0.15) is 32.3 Å². The summed E-state index contributed by atoms with van der Waals surface area (Å²) in [5.74, 6) is 0.574. The molecule has 0 aromatic heterocycles. The van der Waals surface area contributed by atoms with Gasteiger partial charge in [-0.1, -0.05) is 13.3 Å². The molecule has 1 aromatic rings. The number of benzene rings is 1. The first-order valence-corrected chi connectivity index (χ1v) is 5.06. The molecular weight excluding hydrogens is 179 g/mol. The molecule has 1 aromatic carbocycles. The second kappa shape index (κ2) is 4.99. The third-order valence-electron chi connectivity index (χ3n) is 2.16. The molecule has 0 spiro atoms. The fraction of sp³-hybridized carbons (Fsp3) is 0.500. The quantitative estimate of drug-likeness (QED) is 0.713. The SMILES string of the molecule is CCCC(C)Oc1ccc(F)c(C)c1. The van der Waals surface area contributed by atoms with Crippen LogP contribution in [-0.2, 0) is 0 Å². The number of aryl methyl sites for hydroxylation is 1. The molecular formula is C12H17FO. The van der Waals surface area contributed by atoms with Crippen LogP contribution in [-0.4, -0.2) is 6.10 Å². The van der Waals surface area contributed by atoms with Gasteiger partial charge in [-0.05, 0) is 44.0 Å². The van der Waals surface area contributed by atoms with Crippen LogP contribution in [0.4, 0.5) is 4.39 Å². The molecule has 0 heterocycles. The van der Waals surface area contributed by atoms with E-state index < -0.39 is 0 Å². The smallest absolute Gasteiger partial charge is 0.126 e. The maximum atomic E-state index is 12.9. The van der Waals surface area contributed by atoms with Crippen molar-refractivity contribution >= 4 is 0 Å². The molecule has 0 radical (unpaired) electrons. The molecule has 1 unspecified atom stereocenters. The number of hydrogen-bond acceptors (Lipinski definition) is 1. The van der Waals surface area contributed by atoms with Gasteiger partial charge < -0.3 is 4.74 Å². The molecule has 78 valence electrons.